The van der Waals surface area contributed by atoms with E-state index in [9.17, 15) is 18.0 Å². The van der Waals surface area contributed by atoms with Crippen molar-refractivity contribution in [2.75, 3.05) is 0 Å². The smallest absolute Gasteiger partial charge is 0.339 e. The lowest BCUT2D eigenvalue weighted by Crippen LogP contribution is -2.46. The second-order valence-electron chi connectivity index (χ2n) is 8.70. The fourth-order valence-electron chi connectivity index (χ4n) is 4.12. The van der Waals surface area contributed by atoms with Gasteiger partial charge >= 0.3 is 11.6 Å². The maximum atomic E-state index is 13.1. The number of aryl methyl sites for hydroxylation is 2. The molecule has 1 heterocycles. The van der Waals surface area contributed by atoms with Gasteiger partial charge in [-0.25, -0.2) is 18.0 Å². The van der Waals surface area contributed by atoms with Crippen molar-refractivity contribution in [1.82, 2.24) is 4.72 Å². The molecular weight excluding hydrogens is 478 g/mol. The Morgan fingerprint density at radius 2 is 1.85 bits per heavy atom. The molecule has 0 spiro atoms. The zero-order valence-electron chi connectivity index (χ0n) is 19.2. The maximum Gasteiger partial charge on any atom is 0.339 e. The van der Waals surface area contributed by atoms with Crippen molar-refractivity contribution in [1.29, 1.82) is 0 Å². The van der Waals surface area contributed by atoms with Crippen molar-refractivity contribution >= 4 is 38.6 Å². The van der Waals surface area contributed by atoms with Crippen molar-refractivity contribution in [3.8, 4) is 5.75 Å². The van der Waals surface area contributed by atoms with Gasteiger partial charge < -0.3 is 9.15 Å². The monoisotopic (exact) mass is 503 g/mol. The average Bonchev–Trinajstić information content (AvgIpc) is 3.29. The molecule has 180 valence electrons. The molecule has 9 heteroatoms. The van der Waals surface area contributed by atoms with Gasteiger partial charge in [0, 0.05) is 17.0 Å². The van der Waals surface area contributed by atoms with E-state index in [1.54, 1.807) is 25.1 Å². The van der Waals surface area contributed by atoms with Crippen molar-refractivity contribution in [2.24, 2.45) is 5.92 Å². The number of rotatable bonds is 7. The molecule has 0 amide bonds. The summed E-state index contributed by atoms with van der Waals surface area (Å²) in [5.41, 5.74) is 2.37. The Balaban J connectivity index is 1.64. The second kappa shape index (κ2) is 9.52. The van der Waals surface area contributed by atoms with E-state index < -0.39 is 27.7 Å². The molecule has 2 aromatic carbocycles. The van der Waals surface area contributed by atoms with Gasteiger partial charge in [-0.15, -0.1) is 0 Å². The Morgan fingerprint density at radius 1 is 1.18 bits per heavy atom. The predicted octanol–water partition coefficient (Wildman–Crippen LogP) is 4.54. The highest BCUT2D eigenvalue weighted by Crippen LogP contribution is 2.35. The van der Waals surface area contributed by atoms with Gasteiger partial charge in [-0.1, -0.05) is 49.6 Å². The van der Waals surface area contributed by atoms with Crippen molar-refractivity contribution < 1.29 is 22.4 Å². The molecule has 0 radical (unpaired) electrons. The largest absolute Gasteiger partial charge is 0.424 e. The lowest BCUT2D eigenvalue weighted by Gasteiger charge is -2.23. The van der Waals surface area contributed by atoms with Gasteiger partial charge in [-0.3, -0.25) is 0 Å². The summed E-state index contributed by atoms with van der Waals surface area (Å²) in [6, 6.07) is 8.23. The van der Waals surface area contributed by atoms with Crippen LogP contribution in [-0.4, -0.2) is 20.4 Å². The third-order valence-electron chi connectivity index (χ3n) is 6.32. The molecule has 0 fully saturated rings. The first kappa shape index (κ1) is 24.4. The summed E-state index contributed by atoms with van der Waals surface area (Å²) in [6.07, 6.45) is 2.82. The van der Waals surface area contributed by atoms with E-state index in [0.29, 0.717) is 18.4 Å². The number of carbonyl (C=O) groups excluding carboxylic acids is 1. The number of hydrogen-bond donors (Lipinski definition) is 1. The highest BCUT2D eigenvalue weighted by atomic mass is 35.5. The number of fused-ring (bicyclic) bond motifs is 3. The highest BCUT2D eigenvalue weighted by molar-refractivity contribution is 7.89. The summed E-state index contributed by atoms with van der Waals surface area (Å²) in [5, 5.41) is 0.892. The van der Waals surface area contributed by atoms with Crippen LogP contribution >= 0.6 is 11.6 Å². The first-order valence-electron chi connectivity index (χ1n) is 11.2. The molecule has 7 nitrogen and oxygen atoms in total. The maximum absolute atomic E-state index is 13.1. The van der Waals surface area contributed by atoms with Crippen LogP contribution in [0.5, 0.6) is 5.75 Å². The molecule has 1 aliphatic carbocycles. The molecule has 0 bridgehead atoms. The van der Waals surface area contributed by atoms with Gasteiger partial charge in [0.2, 0.25) is 10.0 Å². The molecule has 0 aliphatic heterocycles. The van der Waals surface area contributed by atoms with Gasteiger partial charge in [0.25, 0.3) is 0 Å². The van der Waals surface area contributed by atoms with Gasteiger partial charge in [0.15, 0.2) is 5.75 Å². The summed E-state index contributed by atoms with van der Waals surface area (Å²) in [4.78, 5) is 25.5. The van der Waals surface area contributed by atoms with Crippen LogP contribution in [0.4, 0.5) is 0 Å². The lowest BCUT2D eigenvalue weighted by atomic mass is 10.0. The zero-order valence-corrected chi connectivity index (χ0v) is 20.8. The molecule has 0 saturated carbocycles. The zero-order chi connectivity index (χ0) is 24.6. The van der Waals surface area contributed by atoms with Crippen LogP contribution in [-0.2, 0) is 27.7 Å². The summed E-state index contributed by atoms with van der Waals surface area (Å²) in [6.45, 7) is 5.46. The molecule has 3 aromatic rings. The first-order chi connectivity index (χ1) is 16.1. The minimum Gasteiger partial charge on any atom is -0.424 e. The van der Waals surface area contributed by atoms with E-state index in [2.05, 4.69) is 4.72 Å². The van der Waals surface area contributed by atoms with Gasteiger partial charge in [-0.2, -0.15) is 4.72 Å². The quantitative estimate of drug-likeness (QED) is 0.288. The van der Waals surface area contributed by atoms with Crippen molar-refractivity contribution in [3.05, 3.63) is 68.5 Å². The van der Waals surface area contributed by atoms with E-state index in [-0.39, 0.29) is 27.2 Å². The molecular formula is C25H26ClNO6S. The minimum absolute atomic E-state index is 0.00287. The molecule has 34 heavy (non-hydrogen) atoms. The van der Waals surface area contributed by atoms with Crippen LogP contribution in [0.3, 0.4) is 0 Å². The van der Waals surface area contributed by atoms with Gasteiger partial charge in [0.1, 0.15) is 11.6 Å². The third kappa shape index (κ3) is 4.76. The van der Waals surface area contributed by atoms with E-state index >= 15 is 0 Å². The summed E-state index contributed by atoms with van der Waals surface area (Å²) < 4.78 is 39.3. The number of hydrogen-bond acceptors (Lipinski definition) is 6. The number of benzene rings is 2. The van der Waals surface area contributed by atoms with Crippen molar-refractivity contribution in [3.63, 3.8) is 0 Å². The van der Waals surface area contributed by atoms with Crippen LogP contribution in [0.25, 0.3) is 11.0 Å². The number of carbonyl (C=O) groups is 1. The molecule has 0 saturated heterocycles. The Kier molecular flexibility index (Phi) is 6.85. The SMILES string of the molecule is CC[C@H](C)[C@@H](NS(=O)(=O)c1ccc(C)cc1)C(=O)Oc1cc2oc(=O)c3c(c2cc1Cl)CCC3. The predicted molar refractivity (Wildman–Crippen MR) is 130 cm³/mol. The molecule has 4 rings (SSSR count). The Hall–Kier alpha value is -2.68. The van der Waals surface area contributed by atoms with E-state index in [1.165, 1.54) is 18.2 Å². The Labute approximate surface area is 203 Å². The Morgan fingerprint density at radius 3 is 2.53 bits per heavy atom. The fraction of sp³-hybridized carbons (Fsp3) is 0.360. The summed E-state index contributed by atoms with van der Waals surface area (Å²) >= 11 is 6.42. The lowest BCUT2D eigenvalue weighted by molar-refractivity contribution is -0.137. The van der Waals surface area contributed by atoms with Gasteiger partial charge in [0.05, 0.1) is 9.92 Å². The van der Waals surface area contributed by atoms with Crippen LogP contribution in [0.2, 0.25) is 5.02 Å². The van der Waals surface area contributed by atoms with E-state index in [1.807, 2.05) is 13.8 Å². The van der Waals surface area contributed by atoms with Crippen LogP contribution in [0.1, 0.15) is 43.4 Å². The molecule has 2 atom stereocenters. The molecule has 1 aliphatic rings. The molecule has 0 unspecified atom stereocenters. The normalized spacial score (nSPS) is 15.2. The van der Waals surface area contributed by atoms with Crippen LogP contribution in [0.15, 0.2) is 50.5 Å². The van der Waals surface area contributed by atoms with Crippen LogP contribution < -0.4 is 15.1 Å². The Bertz CT molecular complexity index is 1410. The second-order valence-corrected chi connectivity index (χ2v) is 10.8. The topological polar surface area (TPSA) is 103 Å². The van der Waals surface area contributed by atoms with E-state index in [0.717, 1.165) is 29.4 Å². The first-order valence-corrected chi connectivity index (χ1v) is 13.1. The standard InChI is InChI=1S/C25H26ClNO6S/c1-4-15(3)23(27-34(30,31)16-10-8-14(2)9-11-16)25(29)33-22-13-21-19(12-20(22)26)17-6-5-7-18(17)24(28)32-21/h8-13,15,23,27H,4-7H2,1-3H3/t15-,23+/m0/s1. The van der Waals surface area contributed by atoms with E-state index in [4.69, 9.17) is 20.8 Å². The highest BCUT2D eigenvalue weighted by Gasteiger charge is 2.32. The number of halogens is 1. The summed E-state index contributed by atoms with van der Waals surface area (Å²) in [5.74, 6) is -1.15. The summed E-state index contributed by atoms with van der Waals surface area (Å²) in [7, 11) is -3.97. The van der Waals surface area contributed by atoms with Crippen molar-refractivity contribution in [2.45, 2.75) is 57.4 Å². The fourth-order valence-corrected chi connectivity index (χ4v) is 5.61. The average molecular weight is 504 g/mol. The third-order valence-corrected chi connectivity index (χ3v) is 8.07. The van der Waals surface area contributed by atoms with Gasteiger partial charge in [-0.05, 0) is 55.9 Å². The molecule has 1 N–H and O–H groups in total. The number of esters is 1. The molecule has 1 aromatic heterocycles. The number of ether oxygens (including phenoxy) is 1. The number of sulfonamides is 1. The minimum atomic E-state index is -3.97. The van der Waals surface area contributed by atoms with Crippen LogP contribution in [0, 0.1) is 12.8 Å². The number of nitrogens with one attached hydrogen (secondary N) is 1.